The van der Waals surface area contributed by atoms with Crippen molar-refractivity contribution in [3.05, 3.63) is 110 Å². The molecule has 3 aromatic carbocycles. The lowest BCUT2D eigenvalue weighted by Crippen LogP contribution is -2.24. The number of fused-ring (bicyclic) bond motifs is 3. The first-order chi connectivity index (χ1) is 16.9. The van der Waals surface area contributed by atoms with Gasteiger partial charge in [0.2, 0.25) is 11.5 Å². The van der Waals surface area contributed by atoms with Crippen molar-refractivity contribution in [2.24, 2.45) is 0 Å². The first kappa shape index (κ1) is 22.8. The standard InChI is InChI=1S/C27H24ClN5O2/c1-3-18-5-7-19(8-6-18)15-29-26(34)24-30-25-27(35)32(16-20-9-11-21(28)12-10-20)23-14-17(2)4-13-22(23)33(25)31-24/h4-14H,3,15-16H2,1-2H3,(H,29,34). The van der Waals surface area contributed by atoms with Crippen LogP contribution in [0.5, 0.6) is 0 Å². The van der Waals surface area contributed by atoms with Crippen LogP contribution in [0.25, 0.3) is 16.7 Å². The molecule has 0 spiro atoms. The molecular formula is C27H24ClN5O2. The molecule has 176 valence electrons. The molecule has 0 atom stereocenters. The van der Waals surface area contributed by atoms with Crippen molar-refractivity contribution in [2.75, 3.05) is 0 Å². The third kappa shape index (κ3) is 4.55. The van der Waals surface area contributed by atoms with E-state index in [1.165, 1.54) is 10.1 Å². The highest BCUT2D eigenvalue weighted by molar-refractivity contribution is 6.30. The van der Waals surface area contributed by atoms with Crippen molar-refractivity contribution in [3.8, 4) is 0 Å². The summed E-state index contributed by atoms with van der Waals surface area (Å²) < 4.78 is 3.12. The minimum Gasteiger partial charge on any atom is -0.345 e. The summed E-state index contributed by atoms with van der Waals surface area (Å²) in [7, 11) is 0. The average molecular weight is 486 g/mol. The number of rotatable bonds is 6. The number of halogens is 1. The Labute approximate surface area is 207 Å². The summed E-state index contributed by atoms with van der Waals surface area (Å²) in [5.74, 6) is -0.476. The van der Waals surface area contributed by atoms with Crippen LogP contribution in [0.4, 0.5) is 0 Å². The summed E-state index contributed by atoms with van der Waals surface area (Å²) in [5, 5.41) is 7.88. The minimum atomic E-state index is -0.433. The van der Waals surface area contributed by atoms with Gasteiger partial charge in [0.1, 0.15) is 0 Å². The molecular weight excluding hydrogens is 462 g/mol. The smallest absolute Gasteiger partial charge is 0.296 e. The monoisotopic (exact) mass is 485 g/mol. The summed E-state index contributed by atoms with van der Waals surface area (Å²) in [5.41, 5.74) is 5.34. The molecule has 0 saturated carbocycles. The maximum Gasteiger partial charge on any atom is 0.296 e. The number of benzene rings is 3. The van der Waals surface area contributed by atoms with Gasteiger partial charge in [0.15, 0.2) is 0 Å². The Bertz CT molecular complexity index is 1600. The van der Waals surface area contributed by atoms with Crippen LogP contribution >= 0.6 is 11.6 Å². The maximum absolute atomic E-state index is 13.5. The van der Waals surface area contributed by atoms with E-state index in [-0.39, 0.29) is 17.0 Å². The highest BCUT2D eigenvalue weighted by Crippen LogP contribution is 2.18. The lowest BCUT2D eigenvalue weighted by atomic mass is 10.1. The lowest BCUT2D eigenvalue weighted by molar-refractivity contribution is 0.0941. The van der Waals surface area contributed by atoms with Gasteiger partial charge < -0.3 is 5.32 Å². The zero-order valence-electron chi connectivity index (χ0n) is 19.5. The zero-order valence-corrected chi connectivity index (χ0v) is 20.2. The van der Waals surface area contributed by atoms with Crippen molar-refractivity contribution >= 4 is 34.2 Å². The number of aryl methyl sites for hydroxylation is 2. The Morgan fingerprint density at radius 1 is 0.943 bits per heavy atom. The molecule has 5 aromatic rings. The third-order valence-corrected chi connectivity index (χ3v) is 6.29. The number of hydrogen-bond acceptors (Lipinski definition) is 4. The van der Waals surface area contributed by atoms with Crippen LogP contribution in [0.3, 0.4) is 0 Å². The Morgan fingerprint density at radius 2 is 1.63 bits per heavy atom. The lowest BCUT2D eigenvalue weighted by Gasteiger charge is -2.12. The van der Waals surface area contributed by atoms with E-state index >= 15 is 0 Å². The molecule has 35 heavy (non-hydrogen) atoms. The normalized spacial score (nSPS) is 11.3. The first-order valence-electron chi connectivity index (χ1n) is 11.4. The summed E-state index contributed by atoms with van der Waals surface area (Å²) >= 11 is 6.02. The predicted molar refractivity (Wildman–Crippen MR) is 137 cm³/mol. The van der Waals surface area contributed by atoms with E-state index in [0.29, 0.717) is 29.1 Å². The van der Waals surface area contributed by atoms with E-state index in [4.69, 9.17) is 11.6 Å². The number of nitrogens with one attached hydrogen (secondary N) is 1. The van der Waals surface area contributed by atoms with E-state index in [0.717, 1.165) is 23.1 Å². The highest BCUT2D eigenvalue weighted by atomic mass is 35.5. The molecule has 0 aliphatic heterocycles. The summed E-state index contributed by atoms with van der Waals surface area (Å²) in [6.07, 6.45) is 0.959. The number of hydrogen-bond donors (Lipinski definition) is 1. The summed E-state index contributed by atoms with van der Waals surface area (Å²) in [4.78, 5) is 30.7. The van der Waals surface area contributed by atoms with E-state index in [2.05, 4.69) is 22.3 Å². The molecule has 0 aliphatic rings. The zero-order chi connectivity index (χ0) is 24.5. The van der Waals surface area contributed by atoms with Crippen LogP contribution in [0.2, 0.25) is 5.02 Å². The summed E-state index contributed by atoms with van der Waals surface area (Å²) in [6.45, 7) is 4.75. The molecule has 2 heterocycles. The van der Waals surface area contributed by atoms with Gasteiger partial charge in [0, 0.05) is 11.6 Å². The van der Waals surface area contributed by atoms with E-state index in [9.17, 15) is 9.59 Å². The number of carbonyl (C=O) groups is 1. The Morgan fingerprint density at radius 3 is 2.34 bits per heavy atom. The van der Waals surface area contributed by atoms with Gasteiger partial charge in [-0.05, 0) is 59.9 Å². The van der Waals surface area contributed by atoms with Crippen molar-refractivity contribution in [3.63, 3.8) is 0 Å². The van der Waals surface area contributed by atoms with Crippen molar-refractivity contribution in [1.29, 1.82) is 0 Å². The number of amides is 1. The van der Waals surface area contributed by atoms with Gasteiger partial charge in [-0.25, -0.2) is 4.52 Å². The molecule has 2 aromatic heterocycles. The largest absolute Gasteiger partial charge is 0.345 e. The van der Waals surface area contributed by atoms with Crippen molar-refractivity contribution in [1.82, 2.24) is 24.5 Å². The number of nitrogens with zero attached hydrogens (tertiary/aromatic N) is 4. The maximum atomic E-state index is 13.5. The molecule has 0 aliphatic carbocycles. The molecule has 0 unspecified atom stereocenters. The van der Waals surface area contributed by atoms with Gasteiger partial charge in [-0.2, -0.15) is 4.98 Å². The molecule has 1 N–H and O–H groups in total. The third-order valence-electron chi connectivity index (χ3n) is 6.03. The SMILES string of the molecule is CCc1ccc(CNC(=O)c2nc3c(=O)n(Cc4ccc(Cl)cc4)c4cc(C)ccc4n3n2)cc1. The van der Waals surface area contributed by atoms with Crippen molar-refractivity contribution in [2.45, 2.75) is 33.4 Å². The number of aromatic nitrogens is 4. The molecule has 0 radical (unpaired) electrons. The molecule has 5 rings (SSSR count). The Kier molecular flexibility index (Phi) is 6.09. The molecule has 7 nitrogen and oxygen atoms in total. The molecule has 0 saturated heterocycles. The van der Waals surface area contributed by atoms with Crippen LogP contribution in [-0.2, 0) is 19.5 Å². The first-order valence-corrected chi connectivity index (χ1v) is 11.8. The van der Waals surface area contributed by atoms with Gasteiger partial charge in [0.25, 0.3) is 11.5 Å². The Hall–Kier alpha value is -3.97. The number of carbonyl (C=O) groups excluding carboxylic acids is 1. The fourth-order valence-electron chi connectivity index (χ4n) is 4.06. The average Bonchev–Trinajstić information content (AvgIpc) is 3.32. The van der Waals surface area contributed by atoms with Crippen LogP contribution < -0.4 is 10.9 Å². The van der Waals surface area contributed by atoms with Gasteiger partial charge in [0.05, 0.1) is 17.6 Å². The summed E-state index contributed by atoms with van der Waals surface area (Å²) in [6, 6.07) is 21.2. The van der Waals surface area contributed by atoms with Crippen LogP contribution in [0.15, 0.2) is 71.5 Å². The minimum absolute atomic E-state index is 0.0432. The van der Waals surface area contributed by atoms with Gasteiger partial charge in [-0.3, -0.25) is 14.2 Å². The second-order valence-corrected chi connectivity index (χ2v) is 8.97. The quantitative estimate of drug-likeness (QED) is 0.382. The predicted octanol–water partition coefficient (Wildman–Crippen LogP) is 4.55. The van der Waals surface area contributed by atoms with Gasteiger partial charge in [-0.15, -0.1) is 5.10 Å². The molecule has 1 amide bonds. The second-order valence-electron chi connectivity index (χ2n) is 8.53. The highest BCUT2D eigenvalue weighted by Gasteiger charge is 2.19. The second kappa shape index (κ2) is 9.35. The van der Waals surface area contributed by atoms with Crippen LogP contribution in [0, 0.1) is 6.92 Å². The topological polar surface area (TPSA) is 81.3 Å². The Balaban J connectivity index is 1.52. The van der Waals surface area contributed by atoms with Gasteiger partial charge >= 0.3 is 0 Å². The molecule has 0 bridgehead atoms. The van der Waals surface area contributed by atoms with E-state index in [1.807, 2.05) is 61.5 Å². The fourth-order valence-corrected chi connectivity index (χ4v) is 4.18. The van der Waals surface area contributed by atoms with Gasteiger partial charge in [-0.1, -0.05) is 61.0 Å². The van der Waals surface area contributed by atoms with Crippen LogP contribution in [-0.4, -0.2) is 25.1 Å². The van der Waals surface area contributed by atoms with E-state index in [1.54, 1.807) is 16.7 Å². The van der Waals surface area contributed by atoms with E-state index < -0.39 is 5.91 Å². The van der Waals surface area contributed by atoms with Crippen LogP contribution in [0.1, 0.15) is 39.8 Å². The van der Waals surface area contributed by atoms with Crippen molar-refractivity contribution < 1.29 is 4.79 Å². The molecule has 8 heteroatoms. The molecule has 0 fully saturated rings. The fraction of sp³-hybridized carbons (Fsp3) is 0.185.